The molecule has 29 heavy (non-hydrogen) atoms. The van der Waals surface area contributed by atoms with E-state index >= 15 is 0 Å². The fourth-order valence-electron chi connectivity index (χ4n) is 3.37. The van der Waals surface area contributed by atoms with E-state index in [0.29, 0.717) is 37.6 Å². The number of carbonyl (C=O) groups is 2. The number of hydrogen-bond acceptors (Lipinski definition) is 5. The third-order valence-corrected chi connectivity index (χ3v) is 4.92. The zero-order valence-corrected chi connectivity index (χ0v) is 16.0. The summed E-state index contributed by atoms with van der Waals surface area (Å²) in [6, 6.07) is 18.8. The van der Waals surface area contributed by atoms with Crippen LogP contribution in [0.25, 0.3) is 11.4 Å². The van der Waals surface area contributed by atoms with Gasteiger partial charge in [0.25, 0.3) is 5.91 Å². The van der Waals surface area contributed by atoms with E-state index < -0.39 is 0 Å². The van der Waals surface area contributed by atoms with Crippen LogP contribution in [0.1, 0.15) is 16.8 Å². The highest BCUT2D eigenvalue weighted by molar-refractivity contribution is 5.94. The fraction of sp³-hybridized carbons (Fsp3) is 0.286. The summed E-state index contributed by atoms with van der Waals surface area (Å²) >= 11 is 0. The topological polar surface area (TPSA) is 84.2 Å². The van der Waals surface area contributed by atoms with Gasteiger partial charge in [-0.3, -0.25) is 9.59 Å². The number of hydrogen-bond donors (Lipinski definition) is 0. The maximum atomic E-state index is 12.7. The lowest BCUT2D eigenvalue weighted by molar-refractivity contribution is -0.132. The molecule has 0 aliphatic carbocycles. The van der Waals surface area contributed by atoms with Crippen LogP contribution >= 0.6 is 0 Å². The molecule has 0 bridgehead atoms. The SMILES string of the molecule is O=C(Cn1nnc(-c2ccccc2)n1)N1CCCN(C(=O)c2ccccc2)CC1. The van der Waals surface area contributed by atoms with Crippen LogP contribution < -0.4 is 0 Å². The molecule has 2 amide bonds. The maximum Gasteiger partial charge on any atom is 0.253 e. The van der Waals surface area contributed by atoms with Gasteiger partial charge in [-0.2, -0.15) is 4.80 Å². The van der Waals surface area contributed by atoms with E-state index in [1.165, 1.54) is 4.80 Å². The zero-order valence-electron chi connectivity index (χ0n) is 16.0. The Morgan fingerprint density at radius 2 is 1.48 bits per heavy atom. The number of nitrogens with zero attached hydrogens (tertiary/aromatic N) is 6. The normalized spacial score (nSPS) is 14.5. The number of carbonyl (C=O) groups excluding carboxylic acids is 2. The van der Waals surface area contributed by atoms with Crippen LogP contribution in [-0.2, 0) is 11.3 Å². The third-order valence-electron chi connectivity index (χ3n) is 4.92. The quantitative estimate of drug-likeness (QED) is 0.677. The Bertz CT molecular complexity index is 973. The highest BCUT2D eigenvalue weighted by Gasteiger charge is 2.23. The first kappa shape index (κ1) is 18.8. The molecule has 1 aliphatic heterocycles. The van der Waals surface area contributed by atoms with Gasteiger partial charge in [0.15, 0.2) is 0 Å². The molecule has 8 nitrogen and oxygen atoms in total. The van der Waals surface area contributed by atoms with Crippen molar-refractivity contribution in [2.75, 3.05) is 26.2 Å². The van der Waals surface area contributed by atoms with Crippen LogP contribution in [0.4, 0.5) is 0 Å². The second-order valence-corrected chi connectivity index (χ2v) is 6.90. The van der Waals surface area contributed by atoms with Crippen molar-refractivity contribution in [1.82, 2.24) is 30.0 Å². The summed E-state index contributed by atoms with van der Waals surface area (Å²) in [5, 5.41) is 12.3. The molecule has 8 heteroatoms. The summed E-state index contributed by atoms with van der Waals surface area (Å²) in [4.78, 5) is 30.3. The molecule has 0 radical (unpaired) electrons. The zero-order chi connectivity index (χ0) is 20.1. The molecule has 3 aromatic rings. The van der Waals surface area contributed by atoms with Crippen LogP contribution in [0.3, 0.4) is 0 Å². The van der Waals surface area contributed by atoms with Crippen molar-refractivity contribution >= 4 is 11.8 Å². The lowest BCUT2D eigenvalue weighted by Gasteiger charge is -2.22. The molecule has 2 aromatic carbocycles. The van der Waals surface area contributed by atoms with E-state index in [-0.39, 0.29) is 18.4 Å². The monoisotopic (exact) mass is 390 g/mol. The lowest BCUT2D eigenvalue weighted by Crippen LogP contribution is -2.39. The molecule has 2 heterocycles. The average Bonchev–Trinajstić information content (AvgIpc) is 3.09. The molecular formula is C21H22N6O2. The van der Waals surface area contributed by atoms with Crippen molar-refractivity contribution in [1.29, 1.82) is 0 Å². The summed E-state index contributed by atoms with van der Waals surface area (Å²) in [6.07, 6.45) is 0.740. The second kappa shape index (κ2) is 8.64. The van der Waals surface area contributed by atoms with E-state index in [1.807, 2.05) is 65.6 Å². The molecule has 0 unspecified atom stereocenters. The van der Waals surface area contributed by atoms with Gasteiger partial charge in [0, 0.05) is 37.3 Å². The van der Waals surface area contributed by atoms with Gasteiger partial charge in [0.1, 0.15) is 6.54 Å². The molecule has 4 rings (SSSR count). The van der Waals surface area contributed by atoms with Crippen LogP contribution in [0, 0.1) is 0 Å². The summed E-state index contributed by atoms with van der Waals surface area (Å²) in [5.74, 6) is 0.426. The minimum Gasteiger partial charge on any atom is -0.339 e. The molecule has 1 aliphatic rings. The van der Waals surface area contributed by atoms with Gasteiger partial charge in [-0.25, -0.2) is 0 Å². The Morgan fingerprint density at radius 1 is 0.828 bits per heavy atom. The first-order chi connectivity index (χ1) is 14.2. The van der Waals surface area contributed by atoms with Crippen molar-refractivity contribution < 1.29 is 9.59 Å². The number of tetrazole rings is 1. The molecule has 1 aromatic heterocycles. The molecular weight excluding hydrogens is 368 g/mol. The predicted molar refractivity (Wildman–Crippen MR) is 107 cm³/mol. The van der Waals surface area contributed by atoms with Crippen LogP contribution in [-0.4, -0.2) is 68.0 Å². The van der Waals surface area contributed by atoms with Gasteiger partial charge >= 0.3 is 0 Å². The van der Waals surface area contributed by atoms with Gasteiger partial charge in [-0.05, 0) is 23.8 Å². The van der Waals surface area contributed by atoms with Crippen LogP contribution in [0.5, 0.6) is 0 Å². The maximum absolute atomic E-state index is 12.7. The van der Waals surface area contributed by atoms with Gasteiger partial charge < -0.3 is 9.80 Å². The van der Waals surface area contributed by atoms with Gasteiger partial charge in [-0.1, -0.05) is 48.5 Å². The molecule has 0 saturated carbocycles. The van der Waals surface area contributed by atoms with E-state index in [1.54, 1.807) is 4.90 Å². The van der Waals surface area contributed by atoms with Crippen LogP contribution in [0.2, 0.25) is 0 Å². The summed E-state index contributed by atoms with van der Waals surface area (Å²) in [7, 11) is 0. The number of aromatic nitrogens is 4. The fourth-order valence-corrected chi connectivity index (χ4v) is 3.37. The molecule has 0 atom stereocenters. The van der Waals surface area contributed by atoms with Gasteiger partial charge in [0.05, 0.1) is 0 Å². The molecule has 148 valence electrons. The molecule has 0 N–H and O–H groups in total. The Labute approximate surface area is 168 Å². The largest absolute Gasteiger partial charge is 0.339 e. The minimum absolute atomic E-state index is 0.00495. The lowest BCUT2D eigenvalue weighted by atomic mass is 10.2. The number of rotatable bonds is 4. The Kier molecular flexibility index (Phi) is 5.60. The van der Waals surface area contributed by atoms with Crippen molar-refractivity contribution in [2.24, 2.45) is 0 Å². The summed E-state index contributed by atoms with van der Waals surface area (Å²) in [5.41, 5.74) is 1.53. The minimum atomic E-state index is -0.0731. The number of amides is 2. The van der Waals surface area contributed by atoms with E-state index in [0.717, 1.165) is 12.0 Å². The van der Waals surface area contributed by atoms with E-state index in [9.17, 15) is 9.59 Å². The average molecular weight is 390 g/mol. The second-order valence-electron chi connectivity index (χ2n) is 6.90. The molecule has 1 saturated heterocycles. The standard InChI is InChI=1S/C21H22N6O2/c28-19(16-27-23-20(22-24-27)17-8-3-1-4-9-17)25-12-7-13-26(15-14-25)21(29)18-10-5-2-6-11-18/h1-6,8-11H,7,12-16H2. The highest BCUT2D eigenvalue weighted by atomic mass is 16.2. The Morgan fingerprint density at radius 3 is 2.24 bits per heavy atom. The molecule has 1 fully saturated rings. The first-order valence-corrected chi connectivity index (χ1v) is 9.66. The van der Waals surface area contributed by atoms with Crippen molar-refractivity contribution in [3.05, 3.63) is 66.2 Å². The Hall–Kier alpha value is -3.55. The van der Waals surface area contributed by atoms with E-state index in [2.05, 4.69) is 15.4 Å². The van der Waals surface area contributed by atoms with E-state index in [4.69, 9.17) is 0 Å². The smallest absolute Gasteiger partial charge is 0.253 e. The van der Waals surface area contributed by atoms with Crippen molar-refractivity contribution in [3.63, 3.8) is 0 Å². The number of benzene rings is 2. The molecule has 0 spiro atoms. The van der Waals surface area contributed by atoms with Crippen molar-refractivity contribution in [3.8, 4) is 11.4 Å². The van der Waals surface area contributed by atoms with Crippen molar-refractivity contribution in [2.45, 2.75) is 13.0 Å². The highest BCUT2D eigenvalue weighted by Crippen LogP contribution is 2.12. The predicted octanol–water partition coefficient (Wildman–Crippen LogP) is 1.71. The van der Waals surface area contributed by atoms with Gasteiger partial charge in [0.2, 0.25) is 11.7 Å². The first-order valence-electron chi connectivity index (χ1n) is 9.66. The Balaban J connectivity index is 1.35. The van der Waals surface area contributed by atoms with Gasteiger partial charge in [-0.15, -0.1) is 10.2 Å². The summed E-state index contributed by atoms with van der Waals surface area (Å²) < 4.78 is 0. The third kappa shape index (κ3) is 4.48. The van der Waals surface area contributed by atoms with Crippen LogP contribution in [0.15, 0.2) is 60.7 Å². The summed E-state index contributed by atoms with van der Waals surface area (Å²) in [6.45, 7) is 2.29.